The molecular weight excluding hydrogens is 336 g/mol. The molecule has 0 radical (unpaired) electrons. The zero-order valence-corrected chi connectivity index (χ0v) is 14.4. The van der Waals surface area contributed by atoms with Crippen LogP contribution in [0.15, 0.2) is 59.5 Å². The molecule has 0 aliphatic carbocycles. The first-order valence-electron chi connectivity index (χ1n) is 8.35. The van der Waals surface area contributed by atoms with E-state index in [4.69, 9.17) is 11.6 Å². The Morgan fingerprint density at radius 1 is 0.920 bits per heavy atom. The van der Waals surface area contributed by atoms with E-state index in [1.807, 2.05) is 23.1 Å². The SMILES string of the molecule is O=C(c1cn(-c2ccc(Cl)cc2)c(=O)c2ccccc12)N1CCCC1. The van der Waals surface area contributed by atoms with Crippen LogP contribution < -0.4 is 5.56 Å². The van der Waals surface area contributed by atoms with Crippen LogP contribution in [0, 0.1) is 0 Å². The molecule has 1 aliphatic heterocycles. The highest BCUT2D eigenvalue weighted by Gasteiger charge is 2.23. The number of rotatable bonds is 2. The molecule has 1 fully saturated rings. The van der Waals surface area contributed by atoms with Crippen LogP contribution in [0.3, 0.4) is 0 Å². The molecule has 4 rings (SSSR count). The van der Waals surface area contributed by atoms with Gasteiger partial charge in [-0.05, 0) is 43.2 Å². The second kappa shape index (κ2) is 6.37. The minimum Gasteiger partial charge on any atom is -0.339 e. The average molecular weight is 353 g/mol. The van der Waals surface area contributed by atoms with Gasteiger partial charge >= 0.3 is 0 Å². The second-order valence-corrected chi connectivity index (χ2v) is 6.68. The van der Waals surface area contributed by atoms with Gasteiger partial charge in [0.15, 0.2) is 0 Å². The molecule has 2 heterocycles. The summed E-state index contributed by atoms with van der Waals surface area (Å²) in [5, 5.41) is 1.85. The van der Waals surface area contributed by atoms with Crippen molar-refractivity contribution in [3.63, 3.8) is 0 Å². The fourth-order valence-electron chi connectivity index (χ4n) is 3.35. The van der Waals surface area contributed by atoms with Gasteiger partial charge in [-0.1, -0.05) is 29.8 Å². The van der Waals surface area contributed by atoms with Crippen LogP contribution in [-0.2, 0) is 0 Å². The summed E-state index contributed by atoms with van der Waals surface area (Å²) >= 11 is 5.95. The summed E-state index contributed by atoms with van der Waals surface area (Å²) in [6.45, 7) is 1.54. The molecule has 3 aromatic rings. The highest BCUT2D eigenvalue weighted by atomic mass is 35.5. The Hall–Kier alpha value is -2.59. The second-order valence-electron chi connectivity index (χ2n) is 6.24. The minimum absolute atomic E-state index is 0.0172. The third kappa shape index (κ3) is 2.83. The number of amides is 1. The maximum Gasteiger partial charge on any atom is 0.262 e. The summed E-state index contributed by atoms with van der Waals surface area (Å²) in [6, 6.07) is 14.3. The highest BCUT2D eigenvalue weighted by Crippen LogP contribution is 2.22. The van der Waals surface area contributed by atoms with Crippen LogP contribution in [-0.4, -0.2) is 28.5 Å². The number of likely N-dealkylation sites (tertiary alicyclic amines) is 1. The molecule has 0 bridgehead atoms. The van der Waals surface area contributed by atoms with Crippen LogP contribution in [0.1, 0.15) is 23.2 Å². The van der Waals surface area contributed by atoms with Gasteiger partial charge in [0.05, 0.1) is 5.56 Å². The van der Waals surface area contributed by atoms with Crippen molar-refractivity contribution >= 4 is 28.3 Å². The molecule has 0 unspecified atom stereocenters. The molecule has 1 saturated heterocycles. The predicted molar refractivity (Wildman–Crippen MR) is 99.7 cm³/mol. The number of nitrogens with zero attached hydrogens (tertiary/aromatic N) is 2. The summed E-state index contributed by atoms with van der Waals surface area (Å²) in [5.74, 6) is -0.0172. The van der Waals surface area contributed by atoms with E-state index in [1.165, 1.54) is 4.57 Å². The summed E-state index contributed by atoms with van der Waals surface area (Å²) < 4.78 is 1.53. The summed E-state index contributed by atoms with van der Waals surface area (Å²) in [6.07, 6.45) is 3.72. The zero-order valence-electron chi connectivity index (χ0n) is 13.6. The van der Waals surface area contributed by atoms with Crippen molar-refractivity contribution in [1.29, 1.82) is 0 Å². The number of halogens is 1. The van der Waals surface area contributed by atoms with Gasteiger partial charge in [0.1, 0.15) is 0 Å². The van der Waals surface area contributed by atoms with Gasteiger partial charge < -0.3 is 4.90 Å². The van der Waals surface area contributed by atoms with Crippen molar-refractivity contribution in [3.8, 4) is 5.69 Å². The van der Waals surface area contributed by atoms with Crippen molar-refractivity contribution in [2.24, 2.45) is 0 Å². The van der Waals surface area contributed by atoms with E-state index in [1.54, 1.807) is 36.5 Å². The Bertz CT molecular complexity index is 1000. The summed E-state index contributed by atoms with van der Waals surface area (Å²) in [5.41, 5.74) is 1.11. The maximum atomic E-state index is 13.0. The molecule has 1 aliphatic rings. The molecule has 126 valence electrons. The first-order valence-corrected chi connectivity index (χ1v) is 8.72. The van der Waals surface area contributed by atoms with Gasteiger partial charge in [0.2, 0.25) is 0 Å². The Morgan fingerprint density at radius 2 is 1.56 bits per heavy atom. The number of carbonyl (C=O) groups excluding carboxylic acids is 1. The predicted octanol–water partition coefficient (Wildman–Crippen LogP) is 3.88. The zero-order chi connectivity index (χ0) is 17.4. The Balaban J connectivity index is 1.95. The van der Waals surface area contributed by atoms with Crippen molar-refractivity contribution in [1.82, 2.24) is 9.47 Å². The molecule has 25 heavy (non-hydrogen) atoms. The number of carbonyl (C=O) groups is 1. The fraction of sp³-hybridized carbons (Fsp3) is 0.200. The average Bonchev–Trinajstić information content (AvgIpc) is 3.17. The van der Waals surface area contributed by atoms with E-state index in [9.17, 15) is 9.59 Å². The molecule has 0 spiro atoms. The number of hydrogen-bond donors (Lipinski definition) is 0. The van der Waals surface area contributed by atoms with Gasteiger partial charge in [-0.15, -0.1) is 0 Å². The van der Waals surface area contributed by atoms with E-state index < -0.39 is 0 Å². The van der Waals surface area contributed by atoms with Crippen LogP contribution in [0.2, 0.25) is 5.02 Å². The lowest BCUT2D eigenvalue weighted by molar-refractivity contribution is 0.0794. The lowest BCUT2D eigenvalue weighted by atomic mass is 10.1. The van der Waals surface area contributed by atoms with E-state index >= 15 is 0 Å². The molecule has 2 aromatic carbocycles. The maximum absolute atomic E-state index is 13.0. The van der Waals surface area contributed by atoms with Gasteiger partial charge in [0.25, 0.3) is 11.5 Å². The minimum atomic E-state index is -0.143. The molecule has 4 nitrogen and oxygen atoms in total. The lowest BCUT2D eigenvalue weighted by Gasteiger charge is -2.18. The van der Waals surface area contributed by atoms with Crippen molar-refractivity contribution < 1.29 is 4.79 Å². The number of fused-ring (bicyclic) bond motifs is 1. The van der Waals surface area contributed by atoms with E-state index in [-0.39, 0.29) is 11.5 Å². The molecule has 1 aromatic heterocycles. The summed E-state index contributed by atoms with van der Waals surface area (Å²) in [7, 11) is 0. The topological polar surface area (TPSA) is 42.3 Å². The third-order valence-electron chi connectivity index (χ3n) is 4.65. The monoisotopic (exact) mass is 352 g/mol. The van der Waals surface area contributed by atoms with Gasteiger partial charge in [-0.2, -0.15) is 0 Å². The number of benzene rings is 2. The Labute approximate surface area is 150 Å². The van der Waals surface area contributed by atoms with Gasteiger partial charge in [-0.25, -0.2) is 0 Å². The quantitative estimate of drug-likeness (QED) is 0.702. The number of aromatic nitrogens is 1. The molecule has 1 amide bonds. The van der Waals surface area contributed by atoms with E-state index in [0.717, 1.165) is 25.9 Å². The smallest absolute Gasteiger partial charge is 0.262 e. The van der Waals surface area contributed by atoms with Crippen LogP contribution in [0.4, 0.5) is 0 Å². The fourth-order valence-corrected chi connectivity index (χ4v) is 3.47. The third-order valence-corrected chi connectivity index (χ3v) is 4.91. The molecule has 0 N–H and O–H groups in total. The van der Waals surface area contributed by atoms with Crippen molar-refractivity contribution in [2.45, 2.75) is 12.8 Å². The molecule has 5 heteroatoms. The largest absolute Gasteiger partial charge is 0.339 e. The van der Waals surface area contributed by atoms with Gasteiger partial charge in [-0.3, -0.25) is 14.2 Å². The van der Waals surface area contributed by atoms with E-state index in [2.05, 4.69) is 0 Å². The molecule has 0 saturated carbocycles. The van der Waals surface area contributed by atoms with Crippen LogP contribution >= 0.6 is 11.6 Å². The van der Waals surface area contributed by atoms with Crippen molar-refractivity contribution in [2.75, 3.05) is 13.1 Å². The number of pyridine rings is 1. The first kappa shape index (κ1) is 15.9. The molecular formula is C20H17ClN2O2. The molecule has 0 atom stereocenters. The highest BCUT2D eigenvalue weighted by molar-refractivity contribution is 6.30. The number of hydrogen-bond acceptors (Lipinski definition) is 2. The first-order chi connectivity index (χ1) is 12.1. The Morgan fingerprint density at radius 3 is 2.24 bits per heavy atom. The Kier molecular flexibility index (Phi) is 4.06. The van der Waals surface area contributed by atoms with Crippen LogP contribution in [0.5, 0.6) is 0 Å². The van der Waals surface area contributed by atoms with Crippen molar-refractivity contribution in [3.05, 3.63) is 75.7 Å². The normalized spacial score (nSPS) is 14.2. The van der Waals surface area contributed by atoms with Crippen LogP contribution in [0.25, 0.3) is 16.5 Å². The lowest BCUT2D eigenvalue weighted by Crippen LogP contribution is -2.30. The standard InChI is InChI=1S/C20H17ClN2O2/c21-14-7-9-15(10-8-14)23-13-18(19(24)22-11-3-4-12-22)16-5-1-2-6-17(16)20(23)25/h1-2,5-10,13H,3-4,11-12H2. The van der Waals surface area contributed by atoms with E-state index in [0.29, 0.717) is 27.0 Å². The van der Waals surface area contributed by atoms with Gasteiger partial charge in [0, 0.05) is 40.8 Å². The summed E-state index contributed by atoms with van der Waals surface area (Å²) in [4.78, 5) is 27.8.